The highest BCUT2D eigenvalue weighted by molar-refractivity contribution is 6.00. The lowest BCUT2D eigenvalue weighted by molar-refractivity contribution is 0.0549. The Bertz CT molecular complexity index is 867. The molecular formula is C21H27N3O2. The van der Waals surface area contributed by atoms with Gasteiger partial charge in [-0.05, 0) is 37.8 Å². The molecule has 5 nitrogen and oxygen atoms in total. The number of rotatable bonds is 3. The number of fused-ring (bicyclic) bond motifs is 1. The second kappa shape index (κ2) is 7.13. The number of nitrogens with zero attached hydrogens (tertiary/aromatic N) is 3. The predicted molar refractivity (Wildman–Crippen MR) is 102 cm³/mol. The van der Waals surface area contributed by atoms with Crippen LogP contribution in [-0.2, 0) is 0 Å². The third-order valence-electron chi connectivity index (χ3n) is 5.44. The number of aryl methyl sites for hydroxylation is 3. The average Bonchev–Trinajstić information content (AvgIpc) is 2.97. The largest absolute Gasteiger partial charge is 0.450 e. The molecule has 1 saturated heterocycles. The minimum absolute atomic E-state index is 0.0461. The fourth-order valence-corrected chi connectivity index (χ4v) is 3.88. The molecule has 1 unspecified atom stereocenters. The van der Waals surface area contributed by atoms with Crippen molar-refractivity contribution in [3.05, 3.63) is 34.6 Å². The number of piperazine rings is 1. The third kappa shape index (κ3) is 3.10. The first kappa shape index (κ1) is 18.5. The topological polar surface area (TPSA) is 60.5 Å². The summed E-state index contributed by atoms with van der Waals surface area (Å²) in [4.78, 5) is 17.1. The van der Waals surface area contributed by atoms with Crippen LogP contribution in [-0.4, -0.2) is 47.9 Å². The molecule has 1 fully saturated rings. The number of carbonyl (C=O) groups excluding carboxylic acids is 1. The lowest BCUT2D eigenvalue weighted by Crippen LogP contribution is -2.52. The molecular weight excluding hydrogens is 326 g/mol. The summed E-state index contributed by atoms with van der Waals surface area (Å²) in [7, 11) is 0. The van der Waals surface area contributed by atoms with Crippen molar-refractivity contribution in [2.45, 2.75) is 40.7 Å². The molecule has 1 aromatic carbocycles. The number of nitriles is 1. The molecule has 0 aliphatic carbocycles. The first-order valence-corrected chi connectivity index (χ1v) is 9.27. The lowest BCUT2D eigenvalue weighted by Gasteiger charge is -2.37. The molecule has 0 N–H and O–H groups in total. The Labute approximate surface area is 155 Å². The summed E-state index contributed by atoms with van der Waals surface area (Å²) < 4.78 is 6.00. The maximum absolute atomic E-state index is 13.0. The highest BCUT2D eigenvalue weighted by Gasteiger charge is 2.30. The van der Waals surface area contributed by atoms with Crippen molar-refractivity contribution in [3.8, 4) is 6.07 Å². The summed E-state index contributed by atoms with van der Waals surface area (Å²) in [5.74, 6) is 0.688. The molecule has 1 atom stereocenters. The maximum Gasteiger partial charge on any atom is 0.289 e. The van der Waals surface area contributed by atoms with E-state index in [2.05, 4.69) is 30.9 Å². The van der Waals surface area contributed by atoms with E-state index in [1.807, 2.05) is 31.7 Å². The number of hydrogen-bond donors (Lipinski definition) is 0. The van der Waals surface area contributed by atoms with Gasteiger partial charge in [-0.1, -0.05) is 26.0 Å². The predicted octanol–water partition coefficient (Wildman–Crippen LogP) is 3.66. The van der Waals surface area contributed by atoms with Crippen LogP contribution >= 0.6 is 0 Å². The molecule has 1 aromatic heterocycles. The second-order valence-corrected chi connectivity index (χ2v) is 7.61. The maximum atomic E-state index is 13.0. The fourth-order valence-electron chi connectivity index (χ4n) is 3.88. The molecule has 2 heterocycles. The van der Waals surface area contributed by atoms with Gasteiger partial charge in [0.2, 0.25) is 0 Å². The van der Waals surface area contributed by atoms with Gasteiger partial charge in [0.05, 0.1) is 6.07 Å². The van der Waals surface area contributed by atoms with Crippen LogP contribution in [0.3, 0.4) is 0 Å². The van der Waals surface area contributed by atoms with Crippen LogP contribution in [0.5, 0.6) is 0 Å². The molecule has 1 aliphatic heterocycles. The van der Waals surface area contributed by atoms with Gasteiger partial charge in [0.25, 0.3) is 5.91 Å². The van der Waals surface area contributed by atoms with Gasteiger partial charge in [-0.25, -0.2) is 0 Å². The number of hydrogen-bond acceptors (Lipinski definition) is 4. The summed E-state index contributed by atoms with van der Waals surface area (Å²) in [6.07, 6.45) is 0. The van der Waals surface area contributed by atoms with Gasteiger partial charge >= 0.3 is 0 Å². The molecule has 0 spiro atoms. The van der Waals surface area contributed by atoms with E-state index in [0.717, 1.165) is 40.7 Å². The number of benzene rings is 1. The molecule has 5 heteroatoms. The van der Waals surface area contributed by atoms with Gasteiger partial charge in [0.1, 0.15) is 11.6 Å². The molecule has 138 valence electrons. The quantitative estimate of drug-likeness (QED) is 0.845. The monoisotopic (exact) mass is 353 g/mol. The normalized spacial score (nSPS) is 16.9. The average molecular weight is 353 g/mol. The van der Waals surface area contributed by atoms with Gasteiger partial charge < -0.3 is 9.32 Å². The third-order valence-corrected chi connectivity index (χ3v) is 5.44. The van der Waals surface area contributed by atoms with Crippen LogP contribution in [0, 0.1) is 38.0 Å². The van der Waals surface area contributed by atoms with E-state index in [1.54, 1.807) is 0 Å². The van der Waals surface area contributed by atoms with E-state index in [4.69, 9.17) is 4.42 Å². The van der Waals surface area contributed by atoms with Crippen molar-refractivity contribution in [2.24, 2.45) is 5.92 Å². The first-order valence-electron chi connectivity index (χ1n) is 9.27. The van der Waals surface area contributed by atoms with E-state index in [-0.39, 0.29) is 17.9 Å². The summed E-state index contributed by atoms with van der Waals surface area (Å²) >= 11 is 0. The van der Waals surface area contributed by atoms with Crippen molar-refractivity contribution in [3.63, 3.8) is 0 Å². The highest BCUT2D eigenvalue weighted by atomic mass is 16.3. The van der Waals surface area contributed by atoms with E-state index in [9.17, 15) is 10.1 Å². The number of carbonyl (C=O) groups is 1. The van der Waals surface area contributed by atoms with Gasteiger partial charge in [-0.15, -0.1) is 0 Å². The Morgan fingerprint density at radius 2 is 1.73 bits per heavy atom. The first-order chi connectivity index (χ1) is 12.3. The minimum atomic E-state index is -0.0921. The number of furan rings is 1. The zero-order chi connectivity index (χ0) is 19.0. The molecule has 3 rings (SSSR count). The second-order valence-electron chi connectivity index (χ2n) is 7.61. The van der Waals surface area contributed by atoms with Crippen LogP contribution in [0.4, 0.5) is 0 Å². The van der Waals surface area contributed by atoms with E-state index >= 15 is 0 Å². The lowest BCUT2D eigenvalue weighted by atomic mass is 10.0. The van der Waals surface area contributed by atoms with Crippen molar-refractivity contribution in [1.82, 2.24) is 9.80 Å². The van der Waals surface area contributed by atoms with E-state index in [0.29, 0.717) is 18.8 Å². The molecule has 0 bridgehead atoms. The van der Waals surface area contributed by atoms with Gasteiger partial charge in [0.15, 0.2) is 5.76 Å². The molecule has 0 radical (unpaired) electrons. The molecule has 0 saturated carbocycles. The Morgan fingerprint density at radius 1 is 1.12 bits per heavy atom. The van der Waals surface area contributed by atoms with Crippen molar-refractivity contribution in [2.75, 3.05) is 26.2 Å². The summed E-state index contributed by atoms with van der Waals surface area (Å²) in [6, 6.07) is 6.40. The standard InChI is InChI=1S/C21H27N3O2/c1-13(2)17(12-22)23-8-10-24(11-9-23)21(25)20-16(5)18-14(3)6-7-15(4)19(18)26-20/h6-7,13,17H,8-11H2,1-5H3. The van der Waals surface area contributed by atoms with Crippen LogP contribution in [0.25, 0.3) is 11.0 Å². The summed E-state index contributed by atoms with van der Waals surface area (Å²) in [6.45, 7) is 12.8. The van der Waals surface area contributed by atoms with Gasteiger partial charge in [-0.3, -0.25) is 9.69 Å². The Hall–Kier alpha value is -2.32. The molecule has 1 aliphatic rings. The van der Waals surface area contributed by atoms with Crippen LogP contribution < -0.4 is 0 Å². The van der Waals surface area contributed by atoms with Crippen molar-refractivity contribution < 1.29 is 9.21 Å². The fraction of sp³-hybridized carbons (Fsp3) is 0.524. The van der Waals surface area contributed by atoms with Crippen LogP contribution in [0.15, 0.2) is 16.5 Å². The van der Waals surface area contributed by atoms with E-state index < -0.39 is 0 Å². The van der Waals surface area contributed by atoms with Crippen molar-refractivity contribution in [1.29, 1.82) is 5.26 Å². The van der Waals surface area contributed by atoms with Crippen molar-refractivity contribution >= 4 is 16.9 Å². The Balaban J connectivity index is 1.81. The van der Waals surface area contributed by atoms with E-state index in [1.165, 1.54) is 0 Å². The Kier molecular flexibility index (Phi) is 5.06. The number of amides is 1. The van der Waals surface area contributed by atoms with Gasteiger partial charge in [0, 0.05) is 37.1 Å². The summed E-state index contributed by atoms with van der Waals surface area (Å²) in [5, 5.41) is 10.4. The molecule has 1 amide bonds. The highest BCUT2D eigenvalue weighted by Crippen LogP contribution is 2.31. The zero-order valence-corrected chi connectivity index (χ0v) is 16.3. The Morgan fingerprint density at radius 3 is 2.27 bits per heavy atom. The summed E-state index contributed by atoms with van der Waals surface area (Å²) in [5.41, 5.74) is 3.91. The smallest absolute Gasteiger partial charge is 0.289 e. The zero-order valence-electron chi connectivity index (χ0n) is 16.3. The minimum Gasteiger partial charge on any atom is -0.450 e. The van der Waals surface area contributed by atoms with Crippen LogP contribution in [0.2, 0.25) is 0 Å². The molecule has 2 aromatic rings. The van der Waals surface area contributed by atoms with Crippen LogP contribution in [0.1, 0.15) is 41.1 Å². The SMILES string of the molecule is Cc1ccc(C)c2c(C)c(C(=O)N3CCN(C(C#N)C(C)C)CC3)oc12. The molecule has 26 heavy (non-hydrogen) atoms. The van der Waals surface area contributed by atoms with Gasteiger partial charge in [-0.2, -0.15) is 5.26 Å².